The van der Waals surface area contributed by atoms with Crippen molar-refractivity contribution in [1.82, 2.24) is 4.57 Å². The molecule has 5 heteroatoms. The second kappa shape index (κ2) is 5.50. The van der Waals surface area contributed by atoms with Gasteiger partial charge in [0, 0.05) is 11.0 Å². The smallest absolute Gasteiger partial charge is 0.408 e. The number of hydrogen-bond donors (Lipinski definition) is 1. The predicted molar refractivity (Wildman–Crippen MR) is 84.4 cm³/mol. The summed E-state index contributed by atoms with van der Waals surface area (Å²) in [5.74, 6) is -0.374. The number of aliphatic hydroxyl groups excluding tert-OH is 1. The maximum atomic E-state index is 11.7. The Balaban J connectivity index is 2.07. The molecule has 0 fully saturated rings. The molecule has 21 heavy (non-hydrogen) atoms. The number of rotatable bonds is 3. The number of hydrogen-bond acceptors (Lipinski definition) is 3. The van der Waals surface area contributed by atoms with Crippen LogP contribution in [0.3, 0.4) is 0 Å². The van der Waals surface area contributed by atoms with Gasteiger partial charge < -0.3 is 9.52 Å². The fourth-order valence-electron chi connectivity index (χ4n) is 2.42. The van der Waals surface area contributed by atoms with E-state index in [1.165, 1.54) is 0 Å². The number of halogens is 1. The SMILES string of the molecule is CCn1c(=O)oc2cc(C(O)c3cccc(Br)c3)ccc21. The molecule has 0 saturated carbocycles. The van der Waals surface area contributed by atoms with Gasteiger partial charge in [-0.3, -0.25) is 4.57 Å². The predicted octanol–water partition coefficient (Wildman–Crippen LogP) is 3.46. The lowest BCUT2D eigenvalue weighted by Gasteiger charge is -2.11. The summed E-state index contributed by atoms with van der Waals surface area (Å²) in [7, 11) is 0. The van der Waals surface area contributed by atoms with Gasteiger partial charge in [-0.15, -0.1) is 0 Å². The lowest BCUT2D eigenvalue weighted by atomic mass is 10.0. The van der Waals surface area contributed by atoms with Crippen LogP contribution >= 0.6 is 15.9 Å². The molecule has 0 spiro atoms. The third-order valence-corrected chi connectivity index (χ3v) is 3.98. The van der Waals surface area contributed by atoms with Gasteiger partial charge in [-0.2, -0.15) is 0 Å². The Hall–Kier alpha value is -1.85. The summed E-state index contributed by atoms with van der Waals surface area (Å²) >= 11 is 3.39. The van der Waals surface area contributed by atoms with Gasteiger partial charge in [0.2, 0.25) is 0 Å². The molecule has 4 nitrogen and oxygen atoms in total. The first-order valence-corrected chi connectivity index (χ1v) is 7.46. The van der Waals surface area contributed by atoms with E-state index in [9.17, 15) is 9.90 Å². The van der Waals surface area contributed by atoms with E-state index in [1.807, 2.05) is 37.3 Å². The van der Waals surface area contributed by atoms with Crippen molar-refractivity contribution in [3.05, 3.63) is 68.6 Å². The van der Waals surface area contributed by atoms with E-state index in [-0.39, 0.29) is 5.76 Å². The molecule has 1 unspecified atom stereocenters. The van der Waals surface area contributed by atoms with E-state index in [2.05, 4.69) is 15.9 Å². The third kappa shape index (κ3) is 2.54. The Labute approximate surface area is 129 Å². The fourth-order valence-corrected chi connectivity index (χ4v) is 2.84. The molecule has 2 aromatic carbocycles. The van der Waals surface area contributed by atoms with Crippen LogP contribution in [0, 0.1) is 0 Å². The number of fused-ring (bicyclic) bond motifs is 1. The first-order chi connectivity index (χ1) is 10.1. The van der Waals surface area contributed by atoms with Crippen LogP contribution in [0.5, 0.6) is 0 Å². The lowest BCUT2D eigenvalue weighted by Crippen LogP contribution is -2.11. The maximum absolute atomic E-state index is 11.7. The minimum absolute atomic E-state index is 0.374. The largest absolute Gasteiger partial charge is 0.419 e. The van der Waals surface area contributed by atoms with Crippen LogP contribution < -0.4 is 5.76 Å². The van der Waals surface area contributed by atoms with Crippen molar-refractivity contribution in [2.24, 2.45) is 0 Å². The molecule has 0 aliphatic carbocycles. The van der Waals surface area contributed by atoms with Crippen LogP contribution in [-0.2, 0) is 6.54 Å². The molecule has 3 aromatic rings. The van der Waals surface area contributed by atoms with Crippen molar-refractivity contribution in [1.29, 1.82) is 0 Å². The maximum Gasteiger partial charge on any atom is 0.419 e. The Morgan fingerprint density at radius 3 is 2.71 bits per heavy atom. The molecule has 1 heterocycles. The normalized spacial score (nSPS) is 12.7. The minimum Gasteiger partial charge on any atom is -0.408 e. The van der Waals surface area contributed by atoms with Gasteiger partial charge in [-0.1, -0.05) is 34.1 Å². The standard InChI is InChI=1S/C16H14BrNO3/c1-2-18-13-7-6-11(9-14(13)21-16(18)20)15(19)10-4-3-5-12(17)8-10/h3-9,15,19H,2H2,1H3. The van der Waals surface area contributed by atoms with E-state index < -0.39 is 6.10 Å². The minimum atomic E-state index is -0.762. The average Bonchev–Trinajstić information content (AvgIpc) is 2.80. The molecule has 1 N–H and O–H groups in total. The highest BCUT2D eigenvalue weighted by molar-refractivity contribution is 9.10. The van der Waals surface area contributed by atoms with Gasteiger partial charge in [-0.25, -0.2) is 4.79 Å². The second-order valence-electron chi connectivity index (χ2n) is 4.80. The van der Waals surface area contributed by atoms with Gasteiger partial charge >= 0.3 is 5.76 Å². The summed E-state index contributed by atoms with van der Waals surface area (Å²) in [6.07, 6.45) is -0.762. The Kier molecular flexibility index (Phi) is 3.69. The highest BCUT2D eigenvalue weighted by Gasteiger charge is 2.14. The Morgan fingerprint density at radius 2 is 2.00 bits per heavy atom. The molecule has 0 aliphatic heterocycles. The van der Waals surface area contributed by atoms with Gasteiger partial charge in [0.05, 0.1) is 5.52 Å². The average molecular weight is 348 g/mol. The van der Waals surface area contributed by atoms with Crippen LogP contribution in [0.15, 0.2) is 56.1 Å². The van der Waals surface area contributed by atoms with Crippen LogP contribution in [0.25, 0.3) is 11.1 Å². The van der Waals surface area contributed by atoms with Crippen LogP contribution in [0.2, 0.25) is 0 Å². The zero-order valence-corrected chi connectivity index (χ0v) is 13.0. The highest BCUT2D eigenvalue weighted by atomic mass is 79.9. The van der Waals surface area contributed by atoms with Crippen LogP contribution in [0.1, 0.15) is 24.2 Å². The monoisotopic (exact) mass is 347 g/mol. The van der Waals surface area contributed by atoms with E-state index in [1.54, 1.807) is 16.7 Å². The number of nitrogens with zero attached hydrogens (tertiary/aromatic N) is 1. The zero-order chi connectivity index (χ0) is 15.0. The Bertz CT molecular complexity index is 850. The van der Waals surface area contributed by atoms with Crippen molar-refractivity contribution >= 4 is 27.0 Å². The number of oxazole rings is 1. The number of aryl methyl sites for hydroxylation is 1. The van der Waals surface area contributed by atoms with E-state index in [0.29, 0.717) is 17.7 Å². The second-order valence-corrected chi connectivity index (χ2v) is 5.71. The third-order valence-electron chi connectivity index (χ3n) is 3.49. The number of benzene rings is 2. The number of aliphatic hydroxyl groups is 1. The first kappa shape index (κ1) is 14.1. The number of aromatic nitrogens is 1. The van der Waals surface area contributed by atoms with Gasteiger partial charge in [-0.05, 0) is 42.3 Å². The fraction of sp³-hybridized carbons (Fsp3) is 0.188. The van der Waals surface area contributed by atoms with Crippen LogP contribution in [0.4, 0.5) is 0 Å². The quantitative estimate of drug-likeness (QED) is 0.789. The molecular weight excluding hydrogens is 334 g/mol. The summed E-state index contributed by atoms with van der Waals surface area (Å²) in [6.45, 7) is 2.44. The first-order valence-electron chi connectivity index (χ1n) is 6.67. The van der Waals surface area contributed by atoms with Crippen LogP contribution in [-0.4, -0.2) is 9.67 Å². The molecule has 0 saturated heterocycles. The molecule has 0 radical (unpaired) electrons. The lowest BCUT2D eigenvalue weighted by molar-refractivity contribution is 0.220. The molecule has 0 bridgehead atoms. The van der Waals surface area contributed by atoms with E-state index in [4.69, 9.17) is 4.42 Å². The summed E-state index contributed by atoms with van der Waals surface area (Å²) in [5.41, 5.74) is 2.71. The van der Waals surface area contributed by atoms with Gasteiger partial charge in [0.15, 0.2) is 5.58 Å². The molecule has 1 aromatic heterocycles. The summed E-state index contributed by atoms with van der Waals surface area (Å²) in [5, 5.41) is 10.5. The van der Waals surface area contributed by atoms with Gasteiger partial charge in [0.25, 0.3) is 0 Å². The van der Waals surface area contributed by atoms with E-state index >= 15 is 0 Å². The van der Waals surface area contributed by atoms with Gasteiger partial charge in [0.1, 0.15) is 6.10 Å². The van der Waals surface area contributed by atoms with E-state index in [0.717, 1.165) is 15.6 Å². The molecule has 3 rings (SSSR count). The summed E-state index contributed by atoms with van der Waals surface area (Å²) in [6, 6.07) is 12.8. The topological polar surface area (TPSA) is 55.4 Å². The molecular formula is C16H14BrNO3. The van der Waals surface area contributed by atoms with Crippen molar-refractivity contribution in [2.45, 2.75) is 19.6 Å². The zero-order valence-electron chi connectivity index (χ0n) is 11.4. The molecule has 0 amide bonds. The van der Waals surface area contributed by atoms with Crippen molar-refractivity contribution < 1.29 is 9.52 Å². The van der Waals surface area contributed by atoms with Crippen molar-refractivity contribution in [2.75, 3.05) is 0 Å². The van der Waals surface area contributed by atoms with Crippen molar-refractivity contribution in [3.8, 4) is 0 Å². The molecule has 1 atom stereocenters. The molecule has 0 aliphatic rings. The van der Waals surface area contributed by atoms with Crippen molar-refractivity contribution in [3.63, 3.8) is 0 Å². The molecule has 108 valence electrons. The highest BCUT2D eigenvalue weighted by Crippen LogP contribution is 2.26. The Morgan fingerprint density at radius 1 is 1.24 bits per heavy atom. The summed E-state index contributed by atoms with van der Waals surface area (Å²) in [4.78, 5) is 11.7. The summed E-state index contributed by atoms with van der Waals surface area (Å²) < 4.78 is 7.69.